The van der Waals surface area contributed by atoms with E-state index in [0.29, 0.717) is 12.0 Å². The average Bonchev–Trinajstić information content (AvgIpc) is 2.60. The molecule has 3 rings (SSSR count). The number of rotatable bonds is 5. The van der Waals surface area contributed by atoms with Crippen LogP contribution in [-0.4, -0.2) is 28.6 Å². The molecule has 1 heterocycles. The summed E-state index contributed by atoms with van der Waals surface area (Å²) in [7, 11) is 0. The van der Waals surface area contributed by atoms with Crippen LogP contribution >= 0.6 is 0 Å². The van der Waals surface area contributed by atoms with E-state index in [1.54, 1.807) is 12.3 Å². The zero-order valence-corrected chi connectivity index (χ0v) is 12.6. The summed E-state index contributed by atoms with van der Waals surface area (Å²) < 4.78 is 0. The fourth-order valence-electron chi connectivity index (χ4n) is 2.57. The number of carbonyl (C=O) groups is 1. The van der Waals surface area contributed by atoms with E-state index in [0.717, 1.165) is 16.5 Å². The summed E-state index contributed by atoms with van der Waals surface area (Å²) in [5, 5.41) is 13.7. The van der Waals surface area contributed by atoms with Gasteiger partial charge in [-0.3, -0.25) is 9.78 Å². The lowest BCUT2D eigenvalue weighted by Crippen LogP contribution is -2.33. The van der Waals surface area contributed by atoms with Crippen LogP contribution < -0.4 is 5.32 Å². The Hall–Kier alpha value is -2.72. The predicted molar refractivity (Wildman–Crippen MR) is 90.2 cm³/mol. The lowest BCUT2D eigenvalue weighted by molar-refractivity contribution is 0.0917. The molecule has 4 heteroatoms. The largest absolute Gasteiger partial charge is 0.391 e. The molecule has 1 unspecified atom stereocenters. The number of nitrogens with one attached hydrogen (secondary N) is 1. The van der Waals surface area contributed by atoms with Crippen molar-refractivity contribution < 1.29 is 9.90 Å². The number of pyridine rings is 1. The molecule has 0 saturated carbocycles. The van der Waals surface area contributed by atoms with Gasteiger partial charge in [0.15, 0.2) is 0 Å². The van der Waals surface area contributed by atoms with Crippen LogP contribution in [-0.2, 0) is 6.42 Å². The minimum Gasteiger partial charge on any atom is -0.391 e. The average molecular weight is 306 g/mol. The van der Waals surface area contributed by atoms with Crippen LogP contribution in [0.2, 0.25) is 0 Å². The predicted octanol–water partition coefficient (Wildman–Crippen LogP) is 2.57. The Labute approximate surface area is 134 Å². The molecule has 0 spiro atoms. The van der Waals surface area contributed by atoms with Crippen LogP contribution in [0, 0.1) is 0 Å². The van der Waals surface area contributed by atoms with E-state index in [9.17, 15) is 9.90 Å². The van der Waals surface area contributed by atoms with Crippen LogP contribution in [0.5, 0.6) is 0 Å². The Bertz CT molecular complexity index is 797. The lowest BCUT2D eigenvalue weighted by atomic mass is 10.1. The first-order chi connectivity index (χ1) is 11.2. The Morgan fingerprint density at radius 1 is 1.04 bits per heavy atom. The summed E-state index contributed by atoms with van der Waals surface area (Å²) in [6.45, 7) is 0.213. The normalized spacial score (nSPS) is 12.0. The van der Waals surface area contributed by atoms with E-state index >= 15 is 0 Å². The maximum atomic E-state index is 12.4. The van der Waals surface area contributed by atoms with Crippen LogP contribution in [0.1, 0.15) is 15.9 Å². The maximum Gasteiger partial charge on any atom is 0.252 e. The van der Waals surface area contributed by atoms with Crippen molar-refractivity contribution in [3.05, 3.63) is 78.0 Å². The number of aliphatic hydroxyl groups excluding tert-OH is 1. The molecule has 116 valence electrons. The Kier molecular flexibility index (Phi) is 4.64. The van der Waals surface area contributed by atoms with E-state index in [2.05, 4.69) is 10.3 Å². The zero-order chi connectivity index (χ0) is 16.1. The third-order valence-electron chi connectivity index (χ3n) is 3.70. The van der Waals surface area contributed by atoms with Gasteiger partial charge in [0.25, 0.3) is 5.91 Å². The van der Waals surface area contributed by atoms with Gasteiger partial charge in [-0.1, -0.05) is 42.5 Å². The van der Waals surface area contributed by atoms with Crippen molar-refractivity contribution >= 4 is 16.8 Å². The molecule has 0 aliphatic rings. The number of nitrogens with zero attached hydrogens (tertiary/aromatic N) is 1. The number of hydrogen-bond acceptors (Lipinski definition) is 3. The van der Waals surface area contributed by atoms with Crippen molar-refractivity contribution in [2.75, 3.05) is 6.54 Å². The molecule has 4 nitrogen and oxygen atoms in total. The number of carbonyl (C=O) groups excluding carboxylic acids is 1. The third-order valence-corrected chi connectivity index (χ3v) is 3.70. The van der Waals surface area contributed by atoms with Gasteiger partial charge in [-0.25, -0.2) is 0 Å². The van der Waals surface area contributed by atoms with E-state index in [1.807, 2.05) is 54.6 Å². The molecule has 23 heavy (non-hydrogen) atoms. The van der Waals surface area contributed by atoms with Gasteiger partial charge >= 0.3 is 0 Å². The van der Waals surface area contributed by atoms with Gasteiger partial charge in [0, 0.05) is 30.1 Å². The second-order valence-corrected chi connectivity index (χ2v) is 5.43. The molecule has 1 aromatic heterocycles. The van der Waals surface area contributed by atoms with Gasteiger partial charge in [-0.15, -0.1) is 0 Å². The summed E-state index contributed by atoms with van der Waals surface area (Å²) in [6, 6.07) is 18.9. The molecular weight excluding hydrogens is 288 g/mol. The van der Waals surface area contributed by atoms with Gasteiger partial charge < -0.3 is 10.4 Å². The zero-order valence-electron chi connectivity index (χ0n) is 12.6. The maximum absolute atomic E-state index is 12.4. The second-order valence-electron chi connectivity index (χ2n) is 5.43. The van der Waals surface area contributed by atoms with Crippen LogP contribution in [0.3, 0.4) is 0 Å². The van der Waals surface area contributed by atoms with Crippen molar-refractivity contribution in [2.45, 2.75) is 12.5 Å². The van der Waals surface area contributed by atoms with E-state index in [4.69, 9.17) is 0 Å². The van der Waals surface area contributed by atoms with Crippen molar-refractivity contribution in [3.8, 4) is 0 Å². The molecule has 2 aromatic carbocycles. The Morgan fingerprint density at radius 3 is 2.70 bits per heavy atom. The highest BCUT2D eigenvalue weighted by atomic mass is 16.3. The molecule has 2 N–H and O–H groups in total. The minimum atomic E-state index is -0.616. The molecule has 0 fully saturated rings. The number of benzene rings is 2. The van der Waals surface area contributed by atoms with Crippen LogP contribution in [0.15, 0.2) is 66.9 Å². The van der Waals surface area contributed by atoms with Crippen molar-refractivity contribution in [1.29, 1.82) is 0 Å². The monoisotopic (exact) mass is 306 g/mol. The molecule has 3 aromatic rings. The van der Waals surface area contributed by atoms with Gasteiger partial charge in [0.1, 0.15) is 0 Å². The molecule has 0 bridgehead atoms. The van der Waals surface area contributed by atoms with E-state index in [1.165, 1.54) is 0 Å². The fraction of sp³-hybridized carbons (Fsp3) is 0.158. The first-order valence-corrected chi connectivity index (χ1v) is 7.58. The van der Waals surface area contributed by atoms with Gasteiger partial charge in [0.2, 0.25) is 0 Å². The highest BCUT2D eigenvalue weighted by Gasteiger charge is 2.12. The highest BCUT2D eigenvalue weighted by Crippen LogP contribution is 2.16. The molecular formula is C19H18N2O2. The Balaban J connectivity index is 1.65. The van der Waals surface area contributed by atoms with Crippen molar-refractivity contribution in [2.24, 2.45) is 0 Å². The standard InChI is InChI=1S/C19H18N2O2/c22-15(12-14-6-2-1-3-7-14)13-21-19(23)17-8-4-10-18-16(17)9-5-11-20-18/h1-11,15,22H,12-13H2,(H,21,23). The minimum absolute atomic E-state index is 0.198. The molecule has 1 atom stereocenters. The second kappa shape index (κ2) is 7.03. The molecule has 1 amide bonds. The smallest absolute Gasteiger partial charge is 0.252 e. The summed E-state index contributed by atoms with van der Waals surface area (Å²) in [5.41, 5.74) is 2.40. The van der Waals surface area contributed by atoms with E-state index < -0.39 is 6.10 Å². The third kappa shape index (κ3) is 3.73. The Morgan fingerprint density at radius 2 is 1.87 bits per heavy atom. The number of hydrogen-bond donors (Lipinski definition) is 2. The summed E-state index contributed by atoms with van der Waals surface area (Å²) in [4.78, 5) is 16.6. The number of aliphatic hydroxyl groups is 1. The SMILES string of the molecule is O=C(NCC(O)Cc1ccccc1)c1cccc2ncccc12. The van der Waals surface area contributed by atoms with Gasteiger partial charge in [-0.05, 0) is 23.8 Å². The molecule has 0 saturated heterocycles. The van der Waals surface area contributed by atoms with Crippen LogP contribution in [0.25, 0.3) is 10.9 Å². The highest BCUT2D eigenvalue weighted by molar-refractivity contribution is 6.06. The van der Waals surface area contributed by atoms with Crippen molar-refractivity contribution in [3.63, 3.8) is 0 Å². The first-order valence-electron chi connectivity index (χ1n) is 7.58. The molecule has 0 radical (unpaired) electrons. The summed E-state index contributed by atoms with van der Waals surface area (Å²) >= 11 is 0. The van der Waals surface area contributed by atoms with Crippen molar-refractivity contribution in [1.82, 2.24) is 10.3 Å². The first kappa shape index (κ1) is 15.2. The number of amides is 1. The topological polar surface area (TPSA) is 62.2 Å². The molecule has 0 aliphatic heterocycles. The van der Waals surface area contributed by atoms with Crippen LogP contribution in [0.4, 0.5) is 0 Å². The van der Waals surface area contributed by atoms with Gasteiger partial charge in [-0.2, -0.15) is 0 Å². The number of aromatic nitrogens is 1. The number of fused-ring (bicyclic) bond motifs is 1. The molecule has 0 aliphatic carbocycles. The van der Waals surface area contributed by atoms with Gasteiger partial charge in [0.05, 0.1) is 11.6 Å². The van der Waals surface area contributed by atoms with E-state index in [-0.39, 0.29) is 12.5 Å². The summed E-state index contributed by atoms with van der Waals surface area (Å²) in [5.74, 6) is -0.198. The lowest BCUT2D eigenvalue weighted by Gasteiger charge is -2.13. The fourth-order valence-corrected chi connectivity index (χ4v) is 2.57. The quantitative estimate of drug-likeness (QED) is 0.761. The summed E-state index contributed by atoms with van der Waals surface area (Å²) in [6.07, 6.45) is 1.60.